The van der Waals surface area contributed by atoms with Gasteiger partial charge in [0.25, 0.3) is 0 Å². The van der Waals surface area contributed by atoms with Crippen LogP contribution in [0.4, 0.5) is 16.2 Å². The average Bonchev–Trinajstić information content (AvgIpc) is 3.03. The van der Waals surface area contributed by atoms with Gasteiger partial charge in [0, 0.05) is 19.5 Å². The van der Waals surface area contributed by atoms with Crippen LogP contribution in [-0.4, -0.2) is 30.7 Å². The zero-order valence-electron chi connectivity index (χ0n) is 16.8. The van der Waals surface area contributed by atoms with E-state index >= 15 is 0 Å². The maximum atomic E-state index is 13.1. The Hall–Kier alpha value is -2.30. The number of para-hydroxylation sites is 2. The predicted octanol–water partition coefficient (Wildman–Crippen LogP) is 4.77. The van der Waals surface area contributed by atoms with Gasteiger partial charge < -0.3 is 9.64 Å². The van der Waals surface area contributed by atoms with Crippen molar-refractivity contribution in [2.75, 3.05) is 22.9 Å². The Morgan fingerprint density at radius 1 is 1.11 bits per heavy atom. The van der Waals surface area contributed by atoms with Crippen molar-refractivity contribution in [1.82, 2.24) is 0 Å². The lowest BCUT2D eigenvalue weighted by Crippen LogP contribution is -2.39. The molecule has 0 saturated heterocycles. The number of carbonyl (C=O) groups excluding carboxylic acids is 2. The number of hydrogen-bond donors (Lipinski definition) is 0. The van der Waals surface area contributed by atoms with Gasteiger partial charge in [-0.1, -0.05) is 31.2 Å². The van der Waals surface area contributed by atoms with Crippen LogP contribution in [0.25, 0.3) is 0 Å². The molecule has 0 bridgehead atoms. The predicted molar refractivity (Wildman–Crippen MR) is 108 cm³/mol. The van der Waals surface area contributed by atoms with Crippen molar-refractivity contribution in [3.8, 4) is 0 Å². The van der Waals surface area contributed by atoms with E-state index in [9.17, 15) is 9.59 Å². The minimum Gasteiger partial charge on any atom is -0.443 e. The van der Waals surface area contributed by atoms with Gasteiger partial charge in [-0.3, -0.25) is 9.69 Å². The van der Waals surface area contributed by atoms with E-state index in [1.807, 2.05) is 49.9 Å². The Morgan fingerprint density at radius 2 is 1.74 bits per heavy atom. The molecule has 1 aliphatic carbocycles. The van der Waals surface area contributed by atoms with E-state index in [0.717, 1.165) is 24.2 Å². The maximum absolute atomic E-state index is 13.1. The molecule has 0 saturated carbocycles. The highest BCUT2D eigenvalue weighted by Gasteiger charge is 2.33. The van der Waals surface area contributed by atoms with Crippen LogP contribution in [0.15, 0.2) is 36.4 Å². The second-order valence-corrected chi connectivity index (χ2v) is 8.66. The molecule has 3 rings (SSSR count). The zero-order chi connectivity index (χ0) is 19.6. The first-order valence-corrected chi connectivity index (χ1v) is 9.81. The summed E-state index contributed by atoms with van der Waals surface area (Å²) in [6.07, 6.45) is 6.55. The van der Waals surface area contributed by atoms with Gasteiger partial charge in [-0.15, -0.1) is 0 Å². The standard InChI is InChI=1S/C22H30N2O3/c1-16-14-23(20(25)13-17-9-5-6-10-17)18-11-7-8-12-19(18)24(15-16)21(26)27-22(2,3)4/h5,7-9,11-12,16-17H,6,10,13-15H2,1-4H3/t16-,17+/m0/s1. The third-order valence-corrected chi connectivity index (χ3v) is 4.92. The van der Waals surface area contributed by atoms with Crippen molar-refractivity contribution in [3.05, 3.63) is 36.4 Å². The van der Waals surface area contributed by atoms with E-state index in [1.165, 1.54) is 0 Å². The largest absolute Gasteiger partial charge is 0.443 e. The maximum Gasteiger partial charge on any atom is 0.414 e. The number of rotatable bonds is 2. The molecular weight excluding hydrogens is 340 g/mol. The van der Waals surface area contributed by atoms with Crippen molar-refractivity contribution in [1.29, 1.82) is 0 Å². The molecule has 0 aromatic heterocycles. The van der Waals surface area contributed by atoms with Crippen molar-refractivity contribution in [3.63, 3.8) is 0 Å². The van der Waals surface area contributed by atoms with Crippen LogP contribution in [0.1, 0.15) is 47.0 Å². The number of hydrogen-bond acceptors (Lipinski definition) is 3. The smallest absolute Gasteiger partial charge is 0.414 e. The number of carbonyl (C=O) groups is 2. The van der Waals surface area contributed by atoms with Crippen molar-refractivity contribution < 1.29 is 14.3 Å². The van der Waals surface area contributed by atoms with Crippen LogP contribution in [0.5, 0.6) is 0 Å². The van der Waals surface area contributed by atoms with Crippen molar-refractivity contribution >= 4 is 23.4 Å². The summed E-state index contributed by atoms with van der Waals surface area (Å²) in [5.41, 5.74) is 0.970. The summed E-state index contributed by atoms with van der Waals surface area (Å²) >= 11 is 0. The number of nitrogens with zero attached hydrogens (tertiary/aromatic N) is 2. The molecular formula is C22H30N2O3. The first kappa shape index (κ1) is 19.5. The number of anilines is 2. The lowest BCUT2D eigenvalue weighted by atomic mass is 10.0. The molecule has 0 radical (unpaired) electrons. The summed E-state index contributed by atoms with van der Waals surface area (Å²) in [5, 5.41) is 0. The van der Waals surface area contributed by atoms with E-state index < -0.39 is 5.60 Å². The molecule has 1 aromatic carbocycles. The molecule has 1 heterocycles. The Bertz CT molecular complexity index is 735. The molecule has 2 amide bonds. The van der Waals surface area contributed by atoms with Gasteiger partial charge in [0.1, 0.15) is 5.60 Å². The van der Waals surface area contributed by atoms with Crippen molar-refractivity contribution in [2.24, 2.45) is 11.8 Å². The highest BCUT2D eigenvalue weighted by molar-refractivity contribution is 6.01. The second-order valence-electron chi connectivity index (χ2n) is 8.66. The molecule has 1 aromatic rings. The number of ether oxygens (including phenoxy) is 1. The van der Waals surface area contributed by atoms with Crippen LogP contribution < -0.4 is 9.80 Å². The number of fused-ring (bicyclic) bond motifs is 1. The fraction of sp³-hybridized carbons (Fsp3) is 0.545. The lowest BCUT2D eigenvalue weighted by molar-refractivity contribution is -0.119. The van der Waals surface area contributed by atoms with Gasteiger partial charge in [-0.25, -0.2) is 4.79 Å². The lowest BCUT2D eigenvalue weighted by Gasteiger charge is -2.28. The average molecular weight is 370 g/mol. The molecule has 0 N–H and O–H groups in total. The number of amides is 2. The van der Waals surface area contributed by atoms with Crippen LogP contribution >= 0.6 is 0 Å². The number of benzene rings is 1. The van der Waals surface area contributed by atoms with E-state index in [2.05, 4.69) is 19.1 Å². The third-order valence-electron chi connectivity index (χ3n) is 4.92. The van der Waals surface area contributed by atoms with Crippen LogP contribution in [0.2, 0.25) is 0 Å². The third kappa shape index (κ3) is 4.71. The quantitative estimate of drug-likeness (QED) is 0.705. The first-order valence-electron chi connectivity index (χ1n) is 9.81. The van der Waals surface area contributed by atoms with E-state index in [1.54, 1.807) is 4.90 Å². The molecule has 2 atom stereocenters. The minimum atomic E-state index is -0.564. The molecule has 0 unspecified atom stereocenters. The fourth-order valence-electron chi connectivity index (χ4n) is 3.72. The monoisotopic (exact) mass is 370 g/mol. The van der Waals surface area contributed by atoms with Gasteiger partial charge in [0.05, 0.1) is 11.4 Å². The van der Waals surface area contributed by atoms with Crippen LogP contribution in [0, 0.1) is 11.8 Å². The normalized spacial score (nSPS) is 22.4. The summed E-state index contributed by atoms with van der Waals surface area (Å²) in [6.45, 7) is 8.79. The Balaban J connectivity index is 1.89. The summed E-state index contributed by atoms with van der Waals surface area (Å²) in [7, 11) is 0. The summed E-state index contributed by atoms with van der Waals surface area (Å²) in [4.78, 5) is 29.4. The topological polar surface area (TPSA) is 49.9 Å². The molecule has 0 spiro atoms. The van der Waals surface area contributed by atoms with E-state index in [0.29, 0.717) is 25.4 Å². The molecule has 0 fully saturated rings. The van der Waals surface area contributed by atoms with Gasteiger partial charge in [-0.05, 0) is 57.6 Å². The Morgan fingerprint density at radius 3 is 2.33 bits per heavy atom. The van der Waals surface area contributed by atoms with Crippen molar-refractivity contribution in [2.45, 2.75) is 52.6 Å². The van der Waals surface area contributed by atoms with Gasteiger partial charge in [0.15, 0.2) is 0 Å². The summed E-state index contributed by atoms with van der Waals surface area (Å²) in [5.74, 6) is 0.593. The molecule has 1 aliphatic heterocycles. The molecule has 146 valence electrons. The van der Waals surface area contributed by atoms with Crippen LogP contribution in [0.3, 0.4) is 0 Å². The summed E-state index contributed by atoms with van der Waals surface area (Å²) in [6, 6.07) is 7.63. The second kappa shape index (κ2) is 7.75. The Labute approximate surface area is 162 Å². The van der Waals surface area contributed by atoms with Crippen LogP contribution in [-0.2, 0) is 9.53 Å². The molecule has 2 aliphatic rings. The van der Waals surface area contributed by atoms with Gasteiger partial charge in [-0.2, -0.15) is 0 Å². The molecule has 5 nitrogen and oxygen atoms in total. The minimum absolute atomic E-state index is 0.122. The van der Waals surface area contributed by atoms with Gasteiger partial charge in [0.2, 0.25) is 5.91 Å². The zero-order valence-corrected chi connectivity index (χ0v) is 16.8. The molecule has 27 heavy (non-hydrogen) atoms. The number of allylic oxidation sites excluding steroid dienone is 2. The summed E-state index contributed by atoms with van der Waals surface area (Å²) < 4.78 is 5.62. The fourth-order valence-corrected chi connectivity index (χ4v) is 3.72. The van der Waals surface area contributed by atoms with Gasteiger partial charge >= 0.3 is 6.09 Å². The highest BCUT2D eigenvalue weighted by atomic mass is 16.6. The SMILES string of the molecule is C[C@H]1CN(C(=O)C[C@@H]2C=CCC2)c2ccccc2N(C(=O)OC(C)(C)C)C1. The highest BCUT2D eigenvalue weighted by Crippen LogP contribution is 2.35. The first-order chi connectivity index (χ1) is 12.7. The molecule has 5 heteroatoms. The Kier molecular flexibility index (Phi) is 5.59. The van der Waals surface area contributed by atoms with E-state index in [-0.39, 0.29) is 17.9 Å². The van der Waals surface area contributed by atoms with E-state index in [4.69, 9.17) is 4.74 Å².